The number of hydrogen-bond acceptors (Lipinski definition) is 3. The molecule has 0 N–H and O–H groups in total. The molecular weight excluding hydrogens is 230 g/mol. The highest BCUT2D eigenvalue weighted by molar-refractivity contribution is 5.93. The fraction of sp³-hybridized carbons (Fsp3) is 0.692. The van der Waals surface area contributed by atoms with Gasteiger partial charge in [-0.2, -0.15) is 5.10 Å². The van der Waals surface area contributed by atoms with Crippen LogP contribution in [0, 0.1) is 0 Å². The number of ether oxygens (including phenoxy) is 1. The Balaban J connectivity index is 2.10. The zero-order chi connectivity index (χ0) is 13.3. The minimum atomic E-state index is 0.0453. The number of aromatic nitrogens is 2. The van der Waals surface area contributed by atoms with Crippen molar-refractivity contribution in [2.45, 2.75) is 45.9 Å². The summed E-state index contributed by atoms with van der Waals surface area (Å²) in [6.45, 7) is 9.37. The molecule has 0 radical (unpaired) electrons. The fourth-order valence-corrected chi connectivity index (χ4v) is 2.26. The van der Waals surface area contributed by atoms with Gasteiger partial charge < -0.3 is 9.64 Å². The second kappa shape index (κ2) is 5.10. The zero-order valence-electron chi connectivity index (χ0n) is 11.5. The van der Waals surface area contributed by atoms with Crippen LogP contribution in [0.2, 0.25) is 0 Å². The predicted molar refractivity (Wildman–Crippen MR) is 68.5 cm³/mol. The molecule has 1 aromatic rings. The number of nitrogens with zero attached hydrogens (tertiary/aromatic N) is 3. The Bertz CT molecular complexity index is 418. The van der Waals surface area contributed by atoms with Gasteiger partial charge in [-0.3, -0.25) is 9.48 Å². The number of hydrogen-bond donors (Lipinski definition) is 0. The molecule has 0 spiro atoms. The quantitative estimate of drug-likeness (QED) is 0.804. The van der Waals surface area contributed by atoms with Crippen molar-refractivity contribution in [1.82, 2.24) is 14.7 Å². The summed E-state index contributed by atoms with van der Waals surface area (Å²) in [4.78, 5) is 14.2. The minimum absolute atomic E-state index is 0.0453. The van der Waals surface area contributed by atoms with E-state index in [2.05, 4.69) is 5.10 Å². The average Bonchev–Trinajstić information content (AvgIpc) is 2.75. The van der Waals surface area contributed by atoms with Crippen molar-refractivity contribution in [3.63, 3.8) is 0 Å². The van der Waals surface area contributed by atoms with Gasteiger partial charge in [-0.25, -0.2) is 0 Å². The van der Waals surface area contributed by atoms with Crippen molar-refractivity contribution in [3.05, 3.63) is 18.0 Å². The normalized spacial score (nSPS) is 24.6. The van der Waals surface area contributed by atoms with Gasteiger partial charge in [0.1, 0.15) is 0 Å². The monoisotopic (exact) mass is 251 g/mol. The highest BCUT2D eigenvalue weighted by Gasteiger charge is 2.27. The molecular formula is C13H21N3O2. The number of rotatable bonds is 2. The largest absolute Gasteiger partial charge is 0.372 e. The number of morpholine rings is 1. The van der Waals surface area contributed by atoms with Crippen LogP contribution in [0.5, 0.6) is 0 Å². The second-order valence-corrected chi connectivity index (χ2v) is 5.27. The number of amides is 1. The van der Waals surface area contributed by atoms with E-state index in [1.165, 1.54) is 0 Å². The first kappa shape index (κ1) is 13.1. The molecule has 2 rings (SSSR count). The third kappa shape index (κ3) is 2.72. The molecule has 0 bridgehead atoms. The molecule has 2 unspecified atom stereocenters. The molecule has 5 heteroatoms. The fourth-order valence-electron chi connectivity index (χ4n) is 2.26. The summed E-state index contributed by atoms with van der Waals surface area (Å²) in [5.74, 6) is 0.0453. The van der Waals surface area contributed by atoms with Gasteiger partial charge in [0.25, 0.3) is 5.91 Å². The van der Waals surface area contributed by atoms with Gasteiger partial charge in [-0.05, 0) is 27.7 Å². The Morgan fingerprint density at radius 3 is 2.50 bits per heavy atom. The minimum Gasteiger partial charge on any atom is -0.372 e. The summed E-state index contributed by atoms with van der Waals surface area (Å²) < 4.78 is 7.44. The lowest BCUT2D eigenvalue weighted by atomic mass is 10.2. The molecule has 1 aliphatic heterocycles. The molecule has 0 aromatic carbocycles. The summed E-state index contributed by atoms with van der Waals surface area (Å²) in [5.41, 5.74) is 0.657. The maximum absolute atomic E-state index is 12.3. The first-order valence-electron chi connectivity index (χ1n) is 6.46. The highest BCUT2D eigenvalue weighted by atomic mass is 16.5. The smallest absolute Gasteiger partial charge is 0.257 e. The molecule has 5 nitrogen and oxygen atoms in total. The average molecular weight is 251 g/mol. The zero-order valence-corrected chi connectivity index (χ0v) is 11.5. The standard InChI is InChI=1S/C13H21N3O2/c1-9(2)16-8-12(5-14-16)13(17)15-6-10(3)18-11(4)7-15/h5,8-11H,6-7H2,1-4H3. The summed E-state index contributed by atoms with van der Waals surface area (Å²) in [7, 11) is 0. The van der Waals surface area contributed by atoms with Crippen LogP contribution in [0.15, 0.2) is 12.4 Å². The first-order chi connectivity index (χ1) is 8.47. The Morgan fingerprint density at radius 1 is 1.39 bits per heavy atom. The van der Waals surface area contributed by atoms with E-state index in [0.29, 0.717) is 18.7 Å². The molecule has 1 amide bonds. The van der Waals surface area contributed by atoms with Gasteiger partial charge in [-0.15, -0.1) is 0 Å². The Kier molecular flexibility index (Phi) is 3.71. The van der Waals surface area contributed by atoms with Gasteiger partial charge >= 0.3 is 0 Å². The second-order valence-electron chi connectivity index (χ2n) is 5.27. The molecule has 2 heterocycles. The molecule has 1 fully saturated rings. The summed E-state index contributed by atoms with van der Waals surface area (Å²) in [6, 6.07) is 0.272. The van der Waals surface area contributed by atoms with Crippen molar-refractivity contribution in [3.8, 4) is 0 Å². The van der Waals surface area contributed by atoms with Crippen LogP contribution >= 0.6 is 0 Å². The third-order valence-corrected chi connectivity index (χ3v) is 3.08. The van der Waals surface area contributed by atoms with Crippen molar-refractivity contribution in [2.24, 2.45) is 0 Å². The van der Waals surface area contributed by atoms with E-state index in [1.54, 1.807) is 10.9 Å². The number of carbonyl (C=O) groups excluding carboxylic acids is 1. The van der Waals surface area contributed by atoms with Crippen LogP contribution in [-0.4, -0.2) is 45.9 Å². The Hall–Kier alpha value is -1.36. The molecule has 0 aliphatic carbocycles. The Labute approximate surface area is 108 Å². The van der Waals surface area contributed by atoms with Crippen LogP contribution in [0.3, 0.4) is 0 Å². The van der Waals surface area contributed by atoms with Gasteiger partial charge in [0.15, 0.2) is 0 Å². The third-order valence-electron chi connectivity index (χ3n) is 3.08. The molecule has 1 saturated heterocycles. The van der Waals surface area contributed by atoms with E-state index in [1.807, 2.05) is 38.8 Å². The molecule has 1 aromatic heterocycles. The van der Waals surface area contributed by atoms with E-state index in [-0.39, 0.29) is 24.2 Å². The van der Waals surface area contributed by atoms with Crippen LogP contribution in [0.1, 0.15) is 44.1 Å². The van der Waals surface area contributed by atoms with Gasteiger partial charge in [0.05, 0.1) is 24.0 Å². The molecule has 2 atom stereocenters. The van der Waals surface area contributed by atoms with Crippen molar-refractivity contribution in [1.29, 1.82) is 0 Å². The summed E-state index contributed by atoms with van der Waals surface area (Å²) in [6.07, 6.45) is 3.65. The lowest BCUT2D eigenvalue weighted by molar-refractivity contribution is -0.0586. The molecule has 1 aliphatic rings. The lowest BCUT2D eigenvalue weighted by Gasteiger charge is -2.35. The van der Waals surface area contributed by atoms with Crippen molar-refractivity contribution >= 4 is 5.91 Å². The van der Waals surface area contributed by atoms with Crippen LogP contribution in [-0.2, 0) is 4.74 Å². The van der Waals surface area contributed by atoms with Gasteiger partial charge in [0.2, 0.25) is 0 Å². The van der Waals surface area contributed by atoms with E-state index in [4.69, 9.17) is 4.74 Å². The molecule has 100 valence electrons. The van der Waals surface area contributed by atoms with Crippen LogP contribution in [0.25, 0.3) is 0 Å². The molecule has 18 heavy (non-hydrogen) atoms. The maximum Gasteiger partial charge on any atom is 0.257 e. The van der Waals surface area contributed by atoms with Crippen LogP contribution < -0.4 is 0 Å². The molecule has 0 saturated carbocycles. The predicted octanol–water partition coefficient (Wildman–Crippen LogP) is 1.71. The SMILES string of the molecule is CC1CN(C(=O)c2cnn(C(C)C)c2)CC(C)O1. The van der Waals surface area contributed by atoms with Crippen LogP contribution in [0.4, 0.5) is 0 Å². The van der Waals surface area contributed by atoms with Gasteiger partial charge in [0, 0.05) is 25.3 Å². The summed E-state index contributed by atoms with van der Waals surface area (Å²) >= 11 is 0. The van der Waals surface area contributed by atoms with Crippen molar-refractivity contribution in [2.75, 3.05) is 13.1 Å². The number of carbonyl (C=O) groups is 1. The maximum atomic E-state index is 12.3. The topological polar surface area (TPSA) is 47.4 Å². The lowest BCUT2D eigenvalue weighted by Crippen LogP contribution is -2.48. The van der Waals surface area contributed by atoms with E-state index < -0.39 is 0 Å². The van der Waals surface area contributed by atoms with Gasteiger partial charge in [-0.1, -0.05) is 0 Å². The van der Waals surface area contributed by atoms with E-state index in [9.17, 15) is 4.79 Å². The Morgan fingerprint density at radius 2 is 2.00 bits per heavy atom. The van der Waals surface area contributed by atoms with E-state index in [0.717, 1.165) is 0 Å². The summed E-state index contributed by atoms with van der Waals surface area (Å²) in [5, 5.41) is 4.21. The first-order valence-corrected chi connectivity index (χ1v) is 6.46. The van der Waals surface area contributed by atoms with Crippen molar-refractivity contribution < 1.29 is 9.53 Å². The highest BCUT2D eigenvalue weighted by Crippen LogP contribution is 2.15. The van der Waals surface area contributed by atoms with E-state index >= 15 is 0 Å².